The van der Waals surface area contributed by atoms with E-state index in [1.807, 2.05) is 12.1 Å². The lowest BCUT2D eigenvalue weighted by molar-refractivity contribution is -0.385. The maximum absolute atomic E-state index is 11.7. The van der Waals surface area contributed by atoms with Gasteiger partial charge in [-0.3, -0.25) is 10.1 Å². The van der Waals surface area contributed by atoms with Gasteiger partial charge in [0.25, 0.3) is 0 Å². The second-order valence-corrected chi connectivity index (χ2v) is 7.06. The van der Waals surface area contributed by atoms with E-state index < -0.39 is 4.92 Å². The highest BCUT2D eigenvalue weighted by Crippen LogP contribution is 2.30. The topological polar surface area (TPSA) is 159 Å². The number of hydrogen-bond donors (Lipinski definition) is 4. The maximum atomic E-state index is 11.7. The number of nitrogens with zero attached hydrogens (tertiary/aromatic N) is 3. The van der Waals surface area contributed by atoms with Crippen molar-refractivity contribution in [3.63, 3.8) is 0 Å². The maximum Gasteiger partial charge on any atom is 0.333 e. The second kappa shape index (κ2) is 8.17. The molecule has 1 aromatic heterocycles. The number of hydrogen-bond acceptors (Lipinski definition) is 8. The molecule has 0 unspecified atom stereocenters. The van der Waals surface area contributed by atoms with Crippen LogP contribution in [0.25, 0.3) is 0 Å². The molecule has 2 aromatic rings. The van der Waals surface area contributed by atoms with Gasteiger partial charge in [-0.15, -0.1) is 0 Å². The summed E-state index contributed by atoms with van der Waals surface area (Å²) in [6.07, 6.45) is 4.23. The molecule has 3 rings (SSSR count). The first-order chi connectivity index (χ1) is 12.9. The zero-order valence-electron chi connectivity index (χ0n) is 15.1. The van der Waals surface area contributed by atoms with Gasteiger partial charge >= 0.3 is 5.69 Å². The summed E-state index contributed by atoms with van der Waals surface area (Å²) >= 11 is 0. The Morgan fingerprint density at radius 1 is 1.11 bits per heavy atom. The summed E-state index contributed by atoms with van der Waals surface area (Å²) in [7, 11) is 0. The summed E-state index contributed by atoms with van der Waals surface area (Å²) in [6, 6.07) is 7.39. The van der Waals surface area contributed by atoms with E-state index in [0.717, 1.165) is 31.2 Å². The van der Waals surface area contributed by atoms with Crippen LogP contribution in [0.2, 0.25) is 0 Å². The van der Waals surface area contributed by atoms with E-state index in [1.165, 1.54) is 0 Å². The van der Waals surface area contributed by atoms with Crippen LogP contribution in [0.1, 0.15) is 36.9 Å². The molecule has 1 aliphatic rings. The highest BCUT2D eigenvalue weighted by molar-refractivity contribution is 5.61. The Labute approximate surface area is 157 Å². The highest BCUT2D eigenvalue weighted by atomic mass is 16.6. The van der Waals surface area contributed by atoms with E-state index in [0.29, 0.717) is 18.2 Å². The lowest BCUT2D eigenvalue weighted by Crippen LogP contribution is -2.29. The van der Waals surface area contributed by atoms with Crippen molar-refractivity contribution < 1.29 is 4.92 Å². The van der Waals surface area contributed by atoms with Crippen molar-refractivity contribution in [3.05, 3.63) is 45.6 Å². The molecule has 0 atom stereocenters. The quantitative estimate of drug-likeness (QED) is 0.341. The van der Waals surface area contributed by atoms with E-state index in [2.05, 4.69) is 15.3 Å². The van der Waals surface area contributed by atoms with Gasteiger partial charge in [0.1, 0.15) is 5.69 Å². The number of nitrogens with one attached hydrogen (secondary N) is 1. The van der Waals surface area contributed by atoms with E-state index in [4.69, 9.17) is 17.2 Å². The molecule has 1 saturated carbocycles. The number of rotatable bonds is 6. The molecule has 1 heterocycles. The van der Waals surface area contributed by atoms with Gasteiger partial charge in [-0.05, 0) is 49.3 Å². The fourth-order valence-corrected chi connectivity index (χ4v) is 3.42. The molecule has 0 aliphatic heterocycles. The molecule has 1 aromatic carbocycles. The average Bonchev–Trinajstić information content (AvgIpc) is 2.62. The molecule has 27 heavy (non-hydrogen) atoms. The summed E-state index contributed by atoms with van der Waals surface area (Å²) < 4.78 is 0. The smallest absolute Gasteiger partial charge is 0.333 e. The first kappa shape index (κ1) is 18.8. The Bertz CT molecular complexity index is 802. The predicted molar refractivity (Wildman–Crippen MR) is 105 cm³/mol. The first-order valence-electron chi connectivity index (χ1n) is 9.07. The van der Waals surface area contributed by atoms with Crippen molar-refractivity contribution >= 4 is 23.1 Å². The van der Waals surface area contributed by atoms with Crippen molar-refractivity contribution in [3.8, 4) is 0 Å². The standard InChI is InChI=1S/C18H25N7O2/c19-13-5-1-11(2-6-13)9-15-16(25(26)27)17(24-18(21)23-15)22-10-12-3-7-14(20)8-4-12/h1-2,5-6,12,14H,3-4,7-10,19-20H2,(H3,21,22,23,24)/t12-,14-. The number of nitro groups is 1. The van der Waals surface area contributed by atoms with Crippen molar-refractivity contribution in [2.45, 2.75) is 38.1 Å². The van der Waals surface area contributed by atoms with Crippen molar-refractivity contribution in [1.82, 2.24) is 9.97 Å². The third kappa shape index (κ3) is 4.82. The zero-order valence-corrected chi connectivity index (χ0v) is 15.1. The molecule has 1 fully saturated rings. The summed E-state index contributed by atoms with van der Waals surface area (Å²) in [5.74, 6) is 0.605. The Morgan fingerprint density at radius 3 is 2.41 bits per heavy atom. The third-order valence-electron chi connectivity index (χ3n) is 4.96. The zero-order chi connectivity index (χ0) is 19.4. The Morgan fingerprint density at radius 2 is 1.78 bits per heavy atom. The Kier molecular flexibility index (Phi) is 5.70. The van der Waals surface area contributed by atoms with E-state index >= 15 is 0 Å². The monoisotopic (exact) mass is 371 g/mol. The molecular formula is C18H25N7O2. The molecule has 1 aliphatic carbocycles. The van der Waals surface area contributed by atoms with Crippen LogP contribution >= 0.6 is 0 Å². The first-order valence-corrected chi connectivity index (χ1v) is 9.07. The molecule has 0 spiro atoms. The van der Waals surface area contributed by atoms with Gasteiger partial charge in [-0.2, -0.15) is 4.98 Å². The van der Waals surface area contributed by atoms with Gasteiger partial charge in [0.2, 0.25) is 11.8 Å². The third-order valence-corrected chi connectivity index (χ3v) is 4.96. The van der Waals surface area contributed by atoms with Gasteiger partial charge < -0.3 is 22.5 Å². The molecule has 0 radical (unpaired) electrons. The minimum absolute atomic E-state index is 0.0132. The highest BCUT2D eigenvalue weighted by Gasteiger charge is 2.26. The lowest BCUT2D eigenvalue weighted by atomic mass is 9.86. The van der Waals surface area contributed by atoms with Crippen LogP contribution in [0.4, 0.5) is 23.1 Å². The van der Waals surface area contributed by atoms with Gasteiger partial charge in [0, 0.05) is 24.7 Å². The van der Waals surface area contributed by atoms with Crippen molar-refractivity contribution in [2.24, 2.45) is 11.7 Å². The number of anilines is 3. The molecule has 144 valence electrons. The largest absolute Gasteiger partial charge is 0.399 e. The van der Waals surface area contributed by atoms with Crippen LogP contribution in [-0.4, -0.2) is 27.5 Å². The fourth-order valence-electron chi connectivity index (χ4n) is 3.42. The van der Waals surface area contributed by atoms with Crippen LogP contribution in [0.5, 0.6) is 0 Å². The van der Waals surface area contributed by atoms with Crippen LogP contribution in [0, 0.1) is 16.0 Å². The summed E-state index contributed by atoms with van der Waals surface area (Å²) in [5, 5.41) is 14.8. The normalized spacial score (nSPS) is 19.6. The molecular weight excluding hydrogens is 346 g/mol. The Balaban J connectivity index is 1.81. The van der Waals surface area contributed by atoms with Gasteiger partial charge in [0.15, 0.2) is 0 Å². The summed E-state index contributed by atoms with van der Waals surface area (Å²) in [5.41, 5.74) is 19.1. The van der Waals surface area contributed by atoms with E-state index in [-0.39, 0.29) is 35.6 Å². The van der Waals surface area contributed by atoms with Crippen LogP contribution in [0.15, 0.2) is 24.3 Å². The van der Waals surface area contributed by atoms with Crippen LogP contribution < -0.4 is 22.5 Å². The fraction of sp³-hybridized carbons (Fsp3) is 0.444. The minimum Gasteiger partial charge on any atom is -0.399 e. The average molecular weight is 371 g/mol. The number of nitrogens with two attached hydrogens (primary N) is 3. The number of nitrogen functional groups attached to an aromatic ring is 2. The second-order valence-electron chi connectivity index (χ2n) is 7.06. The number of benzene rings is 1. The molecule has 0 bridgehead atoms. The minimum atomic E-state index is -0.453. The summed E-state index contributed by atoms with van der Waals surface area (Å²) in [6.45, 7) is 0.603. The molecule has 7 N–H and O–H groups in total. The van der Waals surface area contributed by atoms with Gasteiger partial charge in [-0.1, -0.05) is 12.1 Å². The Hall–Kier alpha value is -2.94. The van der Waals surface area contributed by atoms with Gasteiger partial charge in [-0.25, -0.2) is 4.98 Å². The lowest BCUT2D eigenvalue weighted by Gasteiger charge is -2.26. The van der Waals surface area contributed by atoms with Crippen molar-refractivity contribution in [1.29, 1.82) is 0 Å². The molecule has 0 amide bonds. The molecule has 0 saturated heterocycles. The van der Waals surface area contributed by atoms with Crippen molar-refractivity contribution in [2.75, 3.05) is 23.3 Å². The van der Waals surface area contributed by atoms with Gasteiger partial charge in [0.05, 0.1) is 4.92 Å². The summed E-state index contributed by atoms with van der Waals surface area (Å²) in [4.78, 5) is 19.4. The number of aromatic nitrogens is 2. The van der Waals surface area contributed by atoms with E-state index in [1.54, 1.807) is 12.1 Å². The van der Waals surface area contributed by atoms with Crippen LogP contribution in [0.3, 0.4) is 0 Å². The molecule has 9 nitrogen and oxygen atoms in total. The SMILES string of the molecule is Nc1ccc(Cc2nc(N)nc(NC[C@H]3CC[C@H](N)CC3)c2[N+](=O)[O-])cc1. The van der Waals surface area contributed by atoms with Crippen LogP contribution in [-0.2, 0) is 6.42 Å². The van der Waals surface area contributed by atoms with E-state index in [9.17, 15) is 10.1 Å². The predicted octanol–water partition coefficient (Wildman–Crippen LogP) is 2.07. The molecule has 9 heteroatoms.